The molecule has 112 valence electrons. The highest BCUT2D eigenvalue weighted by Gasteiger charge is 2.32. The molecule has 0 spiro atoms. The monoisotopic (exact) mass is 290 g/mol. The maximum atomic E-state index is 12.6. The number of nitrogens with one attached hydrogen (secondary N) is 1. The van der Waals surface area contributed by atoms with Gasteiger partial charge in [-0.2, -0.15) is 0 Å². The van der Waals surface area contributed by atoms with Gasteiger partial charge in [0.15, 0.2) is 0 Å². The highest BCUT2D eigenvalue weighted by atomic mass is 16.4. The number of para-hydroxylation sites is 1. The van der Waals surface area contributed by atoms with Gasteiger partial charge in [-0.05, 0) is 18.6 Å². The number of aliphatic carboxylic acids is 1. The molecule has 0 saturated carbocycles. The smallest absolute Gasteiger partial charge is 0.305 e. The van der Waals surface area contributed by atoms with Crippen molar-refractivity contribution >= 4 is 23.5 Å². The van der Waals surface area contributed by atoms with Crippen LogP contribution in [0.2, 0.25) is 0 Å². The van der Waals surface area contributed by atoms with Crippen LogP contribution in [-0.2, 0) is 14.4 Å². The Morgan fingerprint density at radius 3 is 2.67 bits per heavy atom. The van der Waals surface area contributed by atoms with Crippen molar-refractivity contribution in [2.45, 2.75) is 19.8 Å². The minimum absolute atomic E-state index is 0.101. The number of carbonyl (C=O) groups is 3. The van der Waals surface area contributed by atoms with Crippen LogP contribution in [0.4, 0.5) is 5.69 Å². The van der Waals surface area contributed by atoms with Gasteiger partial charge in [-0.25, -0.2) is 0 Å². The molecule has 1 aromatic rings. The number of hydrogen-bond donors (Lipinski definition) is 2. The van der Waals surface area contributed by atoms with E-state index in [1.807, 2.05) is 19.1 Å². The Morgan fingerprint density at radius 2 is 2.10 bits per heavy atom. The van der Waals surface area contributed by atoms with E-state index in [2.05, 4.69) is 5.32 Å². The summed E-state index contributed by atoms with van der Waals surface area (Å²) in [5.74, 6) is -1.73. The standard InChI is InChI=1S/C15H18N2O4/c1-10-4-2-3-5-12(10)17(7-6-14(19)20)15(21)11-8-13(18)16-9-11/h2-5,11H,6-9H2,1H3,(H,16,18)(H,19,20). The third-order valence-corrected chi connectivity index (χ3v) is 3.55. The zero-order valence-corrected chi connectivity index (χ0v) is 11.8. The van der Waals surface area contributed by atoms with Crippen LogP contribution in [-0.4, -0.2) is 36.0 Å². The largest absolute Gasteiger partial charge is 0.481 e. The van der Waals surface area contributed by atoms with Crippen LogP contribution in [0.15, 0.2) is 24.3 Å². The first-order valence-corrected chi connectivity index (χ1v) is 6.84. The zero-order chi connectivity index (χ0) is 15.4. The van der Waals surface area contributed by atoms with Gasteiger partial charge in [0, 0.05) is 25.2 Å². The molecule has 2 N–H and O–H groups in total. The van der Waals surface area contributed by atoms with Crippen LogP contribution in [0.5, 0.6) is 0 Å². The molecule has 1 aromatic carbocycles. The molecule has 0 aliphatic carbocycles. The van der Waals surface area contributed by atoms with Gasteiger partial charge >= 0.3 is 5.97 Å². The van der Waals surface area contributed by atoms with Crippen molar-refractivity contribution in [1.29, 1.82) is 0 Å². The third kappa shape index (κ3) is 3.59. The fourth-order valence-electron chi connectivity index (χ4n) is 2.42. The van der Waals surface area contributed by atoms with Gasteiger partial charge in [-0.15, -0.1) is 0 Å². The molecule has 1 saturated heterocycles. The first-order valence-electron chi connectivity index (χ1n) is 6.84. The number of carbonyl (C=O) groups excluding carboxylic acids is 2. The molecular weight excluding hydrogens is 272 g/mol. The van der Waals surface area contributed by atoms with E-state index in [1.54, 1.807) is 12.1 Å². The molecule has 1 aliphatic rings. The Morgan fingerprint density at radius 1 is 1.38 bits per heavy atom. The van der Waals surface area contributed by atoms with E-state index in [9.17, 15) is 14.4 Å². The lowest BCUT2D eigenvalue weighted by molar-refractivity contribution is -0.136. The van der Waals surface area contributed by atoms with Crippen molar-refractivity contribution in [1.82, 2.24) is 5.32 Å². The van der Waals surface area contributed by atoms with Crippen molar-refractivity contribution in [3.05, 3.63) is 29.8 Å². The van der Waals surface area contributed by atoms with Crippen LogP contribution in [0.25, 0.3) is 0 Å². The summed E-state index contributed by atoms with van der Waals surface area (Å²) in [5, 5.41) is 11.5. The highest BCUT2D eigenvalue weighted by Crippen LogP contribution is 2.23. The number of rotatable bonds is 5. The number of aryl methyl sites for hydroxylation is 1. The molecule has 1 aliphatic heterocycles. The second kappa shape index (κ2) is 6.39. The second-order valence-electron chi connectivity index (χ2n) is 5.13. The Labute approximate surface area is 122 Å². The normalized spacial score (nSPS) is 17.4. The maximum Gasteiger partial charge on any atom is 0.305 e. The predicted molar refractivity (Wildman–Crippen MR) is 76.9 cm³/mol. The summed E-state index contributed by atoms with van der Waals surface area (Å²) in [5.41, 5.74) is 1.59. The van der Waals surface area contributed by atoms with Crippen LogP contribution in [0, 0.1) is 12.8 Å². The topological polar surface area (TPSA) is 86.7 Å². The van der Waals surface area contributed by atoms with E-state index in [4.69, 9.17) is 5.11 Å². The molecule has 2 rings (SSSR count). The van der Waals surface area contributed by atoms with E-state index in [0.717, 1.165) is 5.56 Å². The summed E-state index contributed by atoms with van der Waals surface area (Å²) in [6, 6.07) is 7.33. The highest BCUT2D eigenvalue weighted by molar-refractivity contribution is 5.99. The lowest BCUT2D eigenvalue weighted by Crippen LogP contribution is -2.39. The van der Waals surface area contributed by atoms with Crippen molar-refractivity contribution in [2.75, 3.05) is 18.0 Å². The summed E-state index contributed by atoms with van der Waals surface area (Å²) in [4.78, 5) is 36.2. The van der Waals surface area contributed by atoms with Gasteiger partial charge < -0.3 is 15.3 Å². The molecule has 2 amide bonds. The summed E-state index contributed by atoms with van der Waals surface area (Å²) in [6.07, 6.45) is 0.0302. The number of nitrogens with zero attached hydrogens (tertiary/aromatic N) is 1. The van der Waals surface area contributed by atoms with Gasteiger partial charge in [0.2, 0.25) is 11.8 Å². The first-order chi connectivity index (χ1) is 9.99. The van der Waals surface area contributed by atoms with Crippen LogP contribution < -0.4 is 10.2 Å². The van der Waals surface area contributed by atoms with Gasteiger partial charge in [0.1, 0.15) is 0 Å². The van der Waals surface area contributed by atoms with E-state index in [1.165, 1.54) is 4.90 Å². The van der Waals surface area contributed by atoms with Gasteiger partial charge in [0.25, 0.3) is 0 Å². The fourth-order valence-corrected chi connectivity index (χ4v) is 2.42. The average Bonchev–Trinajstić information content (AvgIpc) is 2.87. The Balaban J connectivity index is 2.23. The molecule has 6 heteroatoms. The Bertz CT molecular complexity index is 571. The molecule has 0 radical (unpaired) electrons. The maximum absolute atomic E-state index is 12.6. The SMILES string of the molecule is Cc1ccccc1N(CCC(=O)O)C(=O)C1CNC(=O)C1. The van der Waals surface area contributed by atoms with Crippen LogP contribution in [0.1, 0.15) is 18.4 Å². The molecule has 1 unspecified atom stereocenters. The Hall–Kier alpha value is -2.37. The third-order valence-electron chi connectivity index (χ3n) is 3.55. The quantitative estimate of drug-likeness (QED) is 0.845. The van der Waals surface area contributed by atoms with E-state index in [0.29, 0.717) is 12.2 Å². The number of anilines is 1. The van der Waals surface area contributed by atoms with Crippen molar-refractivity contribution < 1.29 is 19.5 Å². The zero-order valence-electron chi connectivity index (χ0n) is 11.8. The number of amides is 2. The summed E-state index contributed by atoms with van der Waals surface area (Å²) in [7, 11) is 0. The van der Waals surface area contributed by atoms with Gasteiger partial charge in [-0.3, -0.25) is 14.4 Å². The minimum Gasteiger partial charge on any atom is -0.481 e. The average molecular weight is 290 g/mol. The summed E-state index contributed by atoms with van der Waals surface area (Å²) < 4.78 is 0. The van der Waals surface area contributed by atoms with Crippen molar-refractivity contribution in [2.24, 2.45) is 5.92 Å². The lowest BCUT2D eigenvalue weighted by Gasteiger charge is -2.26. The molecule has 1 fully saturated rings. The number of benzene rings is 1. The second-order valence-corrected chi connectivity index (χ2v) is 5.13. The number of carboxylic acid groups (broad SMARTS) is 1. The van der Waals surface area contributed by atoms with Crippen molar-refractivity contribution in [3.8, 4) is 0 Å². The van der Waals surface area contributed by atoms with Crippen molar-refractivity contribution in [3.63, 3.8) is 0 Å². The summed E-state index contributed by atoms with van der Waals surface area (Å²) in [6.45, 7) is 2.28. The number of hydrogen-bond acceptors (Lipinski definition) is 3. The fraction of sp³-hybridized carbons (Fsp3) is 0.400. The molecule has 1 heterocycles. The molecule has 0 bridgehead atoms. The predicted octanol–water partition coefficient (Wildman–Crippen LogP) is 0.939. The molecule has 1 atom stereocenters. The first kappa shape index (κ1) is 15.0. The molecule has 0 aromatic heterocycles. The van der Waals surface area contributed by atoms with E-state index >= 15 is 0 Å². The lowest BCUT2D eigenvalue weighted by atomic mass is 10.1. The molecular formula is C15H18N2O4. The Kier molecular flexibility index (Phi) is 4.57. The van der Waals surface area contributed by atoms with E-state index < -0.39 is 11.9 Å². The minimum atomic E-state index is -0.956. The molecule has 21 heavy (non-hydrogen) atoms. The van der Waals surface area contributed by atoms with Gasteiger partial charge in [-0.1, -0.05) is 18.2 Å². The molecule has 6 nitrogen and oxygen atoms in total. The van der Waals surface area contributed by atoms with Gasteiger partial charge in [0.05, 0.1) is 12.3 Å². The number of carboxylic acids is 1. The van der Waals surface area contributed by atoms with Crippen LogP contribution in [0.3, 0.4) is 0 Å². The van der Waals surface area contributed by atoms with E-state index in [-0.39, 0.29) is 31.2 Å². The summed E-state index contributed by atoms with van der Waals surface area (Å²) >= 11 is 0. The van der Waals surface area contributed by atoms with Crippen LogP contribution >= 0.6 is 0 Å².